The number of carbonyl (C=O) groups is 2. The molecule has 0 aliphatic carbocycles. The number of piperidine rings is 1. The Kier molecular flexibility index (Phi) is 7.65. The van der Waals surface area contributed by atoms with E-state index < -0.39 is 0 Å². The Labute approximate surface area is 199 Å². The Morgan fingerprint density at radius 1 is 1.09 bits per heavy atom. The summed E-state index contributed by atoms with van der Waals surface area (Å²) in [5, 5.41) is 3.57. The Hall–Kier alpha value is -2.86. The summed E-state index contributed by atoms with van der Waals surface area (Å²) in [4.78, 5) is 32.0. The number of aryl methyl sites for hydroxylation is 1. The van der Waals surface area contributed by atoms with Crippen molar-refractivity contribution >= 4 is 34.4 Å². The van der Waals surface area contributed by atoms with Crippen molar-refractivity contribution in [3.05, 3.63) is 64.9 Å². The van der Waals surface area contributed by atoms with Gasteiger partial charge in [-0.3, -0.25) is 9.59 Å². The van der Waals surface area contributed by atoms with E-state index >= 15 is 0 Å². The third kappa shape index (κ3) is 5.93. The molecule has 6 nitrogen and oxygen atoms in total. The van der Waals surface area contributed by atoms with Gasteiger partial charge in [0.05, 0.1) is 17.5 Å². The fraction of sp³-hybridized carbons (Fsp3) is 0.423. The molecule has 0 spiro atoms. The summed E-state index contributed by atoms with van der Waals surface area (Å²) >= 11 is 6.15. The van der Waals surface area contributed by atoms with Crippen LogP contribution in [0.15, 0.2) is 48.5 Å². The normalized spacial score (nSPS) is 14.5. The lowest BCUT2D eigenvalue weighted by atomic mass is 9.99. The molecule has 4 rings (SSSR count). The summed E-state index contributed by atoms with van der Waals surface area (Å²) < 4.78 is 2.04. The maximum absolute atomic E-state index is 13.0. The van der Waals surface area contributed by atoms with Crippen LogP contribution in [0, 0.1) is 5.92 Å². The molecule has 3 aromatic rings. The third-order valence-electron chi connectivity index (χ3n) is 6.37. The zero-order chi connectivity index (χ0) is 23.2. The van der Waals surface area contributed by atoms with Gasteiger partial charge in [-0.05, 0) is 48.9 Å². The highest BCUT2D eigenvalue weighted by Gasteiger charge is 2.22. The first kappa shape index (κ1) is 23.3. The number of nitrogens with one attached hydrogen (secondary N) is 1. The van der Waals surface area contributed by atoms with Gasteiger partial charge in [-0.25, -0.2) is 4.98 Å². The van der Waals surface area contributed by atoms with Crippen molar-refractivity contribution in [2.75, 3.05) is 19.6 Å². The average Bonchev–Trinajstić information content (AvgIpc) is 3.16. The van der Waals surface area contributed by atoms with E-state index in [1.807, 2.05) is 51.9 Å². The van der Waals surface area contributed by atoms with Crippen LogP contribution in [0.25, 0.3) is 11.0 Å². The van der Waals surface area contributed by atoms with Crippen LogP contribution >= 0.6 is 11.6 Å². The van der Waals surface area contributed by atoms with Gasteiger partial charge in [0.25, 0.3) is 0 Å². The lowest BCUT2D eigenvalue weighted by molar-refractivity contribution is -0.133. The zero-order valence-corrected chi connectivity index (χ0v) is 19.9. The van der Waals surface area contributed by atoms with Gasteiger partial charge in [0.15, 0.2) is 0 Å². The summed E-state index contributed by atoms with van der Waals surface area (Å²) in [6.07, 6.45) is 3.83. The molecule has 2 aromatic carbocycles. The number of rotatable bonds is 8. The van der Waals surface area contributed by atoms with Gasteiger partial charge in [0.1, 0.15) is 12.4 Å². The van der Waals surface area contributed by atoms with Crippen LogP contribution in [-0.4, -0.2) is 45.9 Å². The number of amides is 2. The molecule has 0 atom stereocenters. The molecule has 174 valence electrons. The van der Waals surface area contributed by atoms with Crippen molar-refractivity contribution in [2.45, 2.75) is 45.6 Å². The van der Waals surface area contributed by atoms with Crippen molar-refractivity contribution in [3.8, 4) is 0 Å². The van der Waals surface area contributed by atoms with Gasteiger partial charge in [-0.2, -0.15) is 0 Å². The molecule has 1 aliphatic heterocycles. The van der Waals surface area contributed by atoms with E-state index in [2.05, 4.69) is 12.2 Å². The Morgan fingerprint density at radius 2 is 1.82 bits per heavy atom. The minimum absolute atomic E-state index is 0.0499. The van der Waals surface area contributed by atoms with Gasteiger partial charge in [0, 0.05) is 31.1 Å². The summed E-state index contributed by atoms with van der Waals surface area (Å²) in [5.74, 6) is 1.67. The second kappa shape index (κ2) is 10.8. The quantitative estimate of drug-likeness (QED) is 0.505. The van der Waals surface area contributed by atoms with Gasteiger partial charge in [-0.15, -0.1) is 0 Å². The predicted octanol–water partition coefficient (Wildman–Crippen LogP) is 4.24. The molecule has 1 fully saturated rings. The van der Waals surface area contributed by atoms with E-state index in [1.54, 1.807) is 6.07 Å². The maximum atomic E-state index is 13.0. The van der Waals surface area contributed by atoms with Crippen LogP contribution in [-0.2, 0) is 29.0 Å². The van der Waals surface area contributed by atoms with Crippen molar-refractivity contribution in [2.24, 2.45) is 5.92 Å². The van der Waals surface area contributed by atoms with E-state index in [0.717, 1.165) is 54.8 Å². The summed E-state index contributed by atoms with van der Waals surface area (Å²) in [5.41, 5.74) is 2.70. The Balaban J connectivity index is 1.36. The SMILES string of the molecule is CC1CCN(C(=O)Cn2c(CCCNC(=O)Cc3ccccc3Cl)nc3ccccc32)CC1. The molecule has 7 heteroatoms. The maximum Gasteiger partial charge on any atom is 0.242 e. The number of benzene rings is 2. The number of para-hydroxylation sites is 2. The number of aromatic nitrogens is 2. The van der Waals surface area contributed by atoms with Gasteiger partial charge >= 0.3 is 0 Å². The average molecular weight is 467 g/mol. The van der Waals surface area contributed by atoms with Crippen molar-refractivity contribution in [1.29, 1.82) is 0 Å². The minimum atomic E-state index is -0.0499. The van der Waals surface area contributed by atoms with Crippen LogP contribution in [0.1, 0.15) is 37.6 Å². The van der Waals surface area contributed by atoms with Crippen molar-refractivity contribution < 1.29 is 9.59 Å². The fourth-order valence-corrected chi connectivity index (χ4v) is 4.54. The number of carbonyl (C=O) groups excluding carboxylic acids is 2. The molecular formula is C26H31ClN4O2. The molecule has 0 radical (unpaired) electrons. The van der Waals surface area contributed by atoms with E-state index in [0.29, 0.717) is 30.5 Å². The first-order valence-corrected chi connectivity index (χ1v) is 12.1. The summed E-state index contributed by atoms with van der Waals surface area (Å²) in [7, 11) is 0. The number of halogens is 1. The van der Waals surface area contributed by atoms with Gasteiger partial charge in [-0.1, -0.05) is 48.9 Å². The summed E-state index contributed by atoms with van der Waals surface area (Å²) in [6, 6.07) is 15.3. The molecule has 33 heavy (non-hydrogen) atoms. The molecular weight excluding hydrogens is 436 g/mol. The highest BCUT2D eigenvalue weighted by atomic mass is 35.5. The van der Waals surface area contributed by atoms with Crippen molar-refractivity contribution in [3.63, 3.8) is 0 Å². The predicted molar refractivity (Wildman–Crippen MR) is 131 cm³/mol. The van der Waals surface area contributed by atoms with Crippen LogP contribution in [0.4, 0.5) is 0 Å². The Bertz CT molecular complexity index is 1120. The molecule has 1 N–H and O–H groups in total. The highest BCUT2D eigenvalue weighted by Crippen LogP contribution is 2.20. The molecule has 0 unspecified atom stereocenters. The van der Waals surface area contributed by atoms with Crippen LogP contribution < -0.4 is 5.32 Å². The van der Waals surface area contributed by atoms with Crippen LogP contribution in [0.2, 0.25) is 5.02 Å². The lowest BCUT2D eigenvalue weighted by Gasteiger charge is -2.30. The molecule has 0 saturated carbocycles. The number of likely N-dealkylation sites (tertiary alicyclic amines) is 1. The van der Waals surface area contributed by atoms with Gasteiger partial charge in [0.2, 0.25) is 11.8 Å². The second-order valence-electron chi connectivity index (χ2n) is 8.89. The minimum Gasteiger partial charge on any atom is -0.356 e. The number of nitrogens with zero attached hydrogens (tertiary/aromatic N) is 3. The highest BCUT2D eigenvalue weighted by molar-refractivity contribution is 6.31. The van der Waals surface area contributed by atoms with Crippen molar-refractivity contribution in [1.82, 2.24) is 19.8 Å². The first-order chi connectivity index (χ1) is 16.0. The first-order valence-electron chi connectivity index (χ1n) is 11.7. The van der Waals surface area contributed by atoms with E-state index in [-0.39, 0.29) is 18.2 Å². The van der Waals surface area contributed by atoms with E-state index in [9.17, 15) is 9.59 Å². The third-order valence-corrected chi connectivity index (χ3v) is 6.74. The fourth-order valence-electron chi connectivity index (χ4n) is 4.34. The molecule has 1 aliphatic rings. The Morgan fingerprint density at radius 3 is 2.61 bits per heavy atom. The van der Waals surface area contributed by atoms with E-state index in [4.69, 9.17) is 16.6 Å². The molecule has 2 amide bonds. The largest absolute Gasteiger partial charge is 0.356 e. The molecule has 1 saturated heterocycles. The second-order valence-corrected chi connectivity index (χ2v) is 9.30. The van der Waals surface area contributed by atoms with Gasteiger partial charge < -0.3 is 14.8 Å². The van der Waals surface area contributed by atoms with E-state index in [1.165, 1.54) is 0 Å². The number of hydrogen-bond donors (Lipinski definition) is 1. The lowest BCUT2D eigenvalue weighted by Crippen LogP contribution is -2.40. The molecule has 2 heterocycles. The number of fused-ring (bicyclic) bond motifs is 1. The number of imidazole rings is 1. The topological polar surface area (TPSA) is 67.2 Å². The van der Waals surface area contributed by atoms with Crippen LogP contribution in [0.5, 0.6) is 0 Å². The number of hydrogen-bond acceptors (Lipinski definition) is 3. The molecule has 0 bridgehead atoms. The standard InChI is InChI=1S/C26H31ClN4O2/c1-19-12-15-30(16-13-19)26(33)18-31-23-10-5-4-9-22(23)29-24(31)11-6-14-28-25(32)17-20-7-2-3-8-21(20)27/h2-5,7-10,19H,6,11-18H2,1H3,(H,28,32). The smallest absolute Gasteiger partial charge is 0.242 e. The van der Waals surface area contributed by atoms with Crippen LogP contribution in [0.3, 0.4) is 0 Å². The zero-order valence-electron chi connectivity index (χ0n) is 19.1. The monoisotopic (exact) mass is 466 g/mol. The molecule has 1 aromatic heterocycles. The summed E-state index contributed by atoms with van der Waals surface area (Å²) in [6.45, 7) is 4.77.